The Bertz CT molecular complexity index is 1120. The molecule has 10 heteroatoms. The summed E-state index contributed by atoms with van der Waals surface area (Å²) in [4.78, 5) is 28.4. The number of para-hydroxylation sites is 1. The molecule has 190 valence electrons. The smallest absolute Gasteiger partial charge is 0.244 e. The molecule has 7 nitrogen and oxygen atoms in total. The van der Waals surface area contributed by atoms with Gasteiger partial charge < -0.3 is 10.2 Å². The van der Waals surface area contributed by atoms with E-state index < -0.39 is 28.5 Å². The highest BCUT2D eigenvalue weighted by Crippen LogP contribution is 2.28. The molecule has 1 aliphatic carbocycles. The van der Waals surface area contributed by atoms with E-state index in [0.29, 0.717) is 27.7 Å². The van der Waals surface area contributed by atoms with Crippen molar-refractivity contribution in [3.05, 3.63) is 64.1 Å². The molecule has 3 rings (SSSR count). The lowest BCUT2D eigenvalue weighted by atomic mass is 10.1. The van der Waals surface area contributed by atoms with Gasteiger partial charge in [-0.25, -0.2) is 8.42 Å². The van der Waals surface area contributed by atoms with E-state index in [0.717, 1.165) is 36.2 Å². The van der Waals surface area contributed by atoms with E-state index in [-0.39, 0.29) is 18.5 Å². The fourth-order valence-electron chi connectivity index (χ4n) is 4.35. The van der Waals surface area contributed by atoms with E-state index in [1.165, 1.54) is 4.90 Å². The molecule has 0 saturated heterocycles. The van der Waals surface area contributed by atoms with Gasteiger partial charge in [-0.05, 0) is 43.5 Å². The van der Waals surface area contributed by atoms with E-state index in [1.54, 1.807) is 48.5 Å². The Morgan fingerprint density at radius 1 is 1.03 bits per heavy atom. The summed E-state index contributed by atoms with van der Waals surface area (Å²) in [6.45, 7) is 1.33. The van der Waals surface area contributed by atoms with Crippen molar-refractivity contribution in [2.24, 2.45) is 0 Å². The average Bonchev–Trinajstić information content (AvgIpc) is 3.32. The molecule has 1 fully saturated rings. The number of benzene rings is 2. The van der Waals surface area contributed by atoms with Gasteiger partial charge in [0.1, 0.15) is 12.6 Å². The standard InChI is InChI=1S/C25H31Cl2N3O4S/c1-3-23(25(32)28-18-10-7-8-11-18)29(16-20-21(26)14-9-15-22(20)27)24(31)17-30(35(2,33)34)19-12-5-4-6-13-19/h4-6,9,12-15,18,23H,3,7-8,10-11,16-17H2,1-2H3,(H,28,32). The Labute approximate surface area is 217 Å². The highest BCUT2D eigenvalue weighted by Gasteiger charge is 2.33. The number of sulfonamides is 1. The largest absolute Gasteiger partial charge is 0.352 e. The summed E-state index contributed by atoms with van der Waals surface area (Å²) in [6, 6.07) is 12.7. The van der Waals surface area contributed by atoms with Crippen molar-refractivity contribution in [3.63, 3.8) is 0 Å². The maximum atomic E-state index is 13.7. The van der Waals surface area contributed by atoms with Gasteiger partial charge in [-0.15, -0.1) is 0 Å². The zero-order chi connectivity index (χ0) is 25.6. The van der Waals surface area contributed by atoms with Gasteiger partial charge in [0, 0.05) is 28.2 Å². The van der Waals surface area contributed by atoms with E-state index >= 15 is 0 Å². The van der Waals surface area contributed by atoms with Crippen molar-refractivity contribution < 1.29 is 18.0 Å². The summed E-state index contributed by atoms with van der Waals surface area (Å²) < 4.78 is 26.2. The molecule has 2 amide bonds. The van der Waals surface area contributed by atoms with Crippen molar-refractivity contribution in [1.82, 2.24) is 10.2 Å². The number of hydrogen-bond donors (Lipinski definition) is 1. The second-order valence-electron chi connectivity index (χ2n) is 8.74. The van der Waals surface area contributed by atoms with Crippen LogP contribution in [-0.4, -0.2) is 50.0 Å². The third-order valence-corrected chi connectivity index (χ3v) is 8.05. The number of nitrogens with zero attached hydrogens (tertiary/aromatic N) is 2. The lowest BCUT2D eigenvalue weighted by Gasteiger charge is -2.33. The van der Waals surface area contributed by atoms with Gasteiger partial charge in [-0.1, -0.05) is 67.2 Å². The van der Waals surface area contributed by atoms with Crippen molar-refractivity contribution in [2.45, 2.75) is 57.7 Å². The van der Waals surface area contributed by atoms with Gasteiger partial charge in [0.15, 0.2) is 0 Å². The van der Waals surface area contributed by atoms with E-state index in [4.69, 9.17) is 23.2 Å². The summed E-state index contributed by atoms with van der Waals surface area (Å²) in [7, 11) is -3.77. The molecule has 35 heavy (non-hydrogen) atoms. The first-order chi connectivity index (χ1) is 16.6. The number of nitrogens with one attached hydrogen (secondary N) is 1. The minimum atomic E-state index is -3.77. The second-order valence-corrected chi connectivity index (χ2v) is 11.5. The van der Waals surface area contributed by atoms with E-state index in [9.17, 15) is 18.0 Å². The van der Waals surface area contributed by atoms with Crippen molar-refractivity contribution in [2.75, 3.05) is 17.1 Å². The van der Waals surface area contributed by atoms with Crippen LogP contribution in [0, 0.1) is 0 Å². The van der Waals surface area contributed by atoms with Gasteiger partial charge in [0.25, 0.3) is 0 Å². The van der Waals surface area contributed by atoms with Crippen LogP contribution in [0.25, 0.3) is 0 Å². The normalized spacial score (nSPS) is 15.0. The third kappa shape index (κ3) is 7.12. The summed E-state index contributed by atoms with van der Waals surface area (Å²) in [5.74, 6) is -0.787. The first-order valence-corrected chi connectivity index (χ1v) is 14.3. The fourth-order valence-corrected chi connectivity index (χ4v) is 5.72. The minimum Gasteiger partial charge on any atom is -0.352 e. The zero-order valence-electron chi connectivity index (χ0n) is 19.9. The predicted octanol–water partition coefficient (Wildman–Crippen LogP) is 4.63. The fraction of sp³-hybridized carbons (Fsp3) is 0.440. The summed E-state index contributed by atoms with van der Waals surface area (Å²) in [5, 5.41) is 3.80. The summed E-state index contributed by atoms with van der Waals surface area (Å²) in [6.07, 6.45) is 5.31. The Balaban J connectivity index is 1.95. The highest BCUT2D eigenvalue weighted by atomic mass is 35.5. The number of rotatable bonds is 10. The molecule has 0 spiro atoms. The molecule has 0 radical (unpaired) electrons. The minimum absolute atomic E-state index is 0.0275. The molecule has 1 saturated carbocycles. The molecule has 0 heterocycles. The number of halogens is 2. The first-order valence-electron chi connectivity index (χ1n) is 11.7. The van der Waals surface area contributed by atoms with Crippen LogP contribution in [0.2, 0.25) is 10.0 Å². The number of carbonyl (C=O) groups is 2. The molecule has 0 aromatic heterocycles. The van der Waals surface area contributed by atoms with Gasteiger partial charge in [0.05, 0.1) is 11.9 Å². The number of hydrogen-bond acceptors (Lipinski definition) is 4. The van der Waals surface area contributed by atoms with Crippen LogP contribution in [0.3, 0.4) is 0 Å². The molecule has 2 aromatic rings. The first kappa shape index (κ1) is 27.3. The van der Waals surface area contributed by atoms with E-state index in [2.05, 4.69) is 5.32 Å². The second kappa shape index (κ2) is 12.1. The van der Waals surface area contributed by atoms with Crippen LogP contribution >= 0.6 is 23.2 Å². The maximum absolute atomic E-state index is 13.7. The van der Waals surface area contributed by atoms with E-state index in [1.807, 2.05) is 6.92 Å². The molecule has 1 unspecified atom stereocenters. The lowest BCUT2D eigenvalue weighted by Crippen LogP contribution is -2.53. The molecular weight excluding hydrogens is 509 g/mol. The molecule has 1 N–H and O–H groups in total. The summed E-state index contributed by atoms with van der Waals surface area (Å²) >= 11 is 12.8. The van der Waals surface area contributed by atoms with Crippen LogP contribution in [-0.2, 0) is 26.2 Å². The third-order valence-electron chi connectivity index (χ3n) is 6.20. The Morgan fingerprint density at radius 2 is 1.63 bits per heavy atom. The molecule has 0 bridgehead atoms. The van der Waals surface area contributed by atoms with Crippen LogP contribution in [0.5, 0.6) is 0 Å². The monoisotopic (exact) mass is 539 g/mol. The summed E-state index contributed by atoms with van der Waals surface area (Å²) in [5.41, 5.74) is 0.865. The average molecular weight is 541 g/mol. The maximum Gasteiger partial charge on any atom is 0.244 e. The molecule has 0 aliphatic heterocycles. The highest BCUT2D eigenvalue weighted by molar-refractivity contribution is 7.92. The molecule has 1 atom stereocenters. The van der Waals surface area contributed by atoms with Crippen molar-refractivity contribution >= 4 is 50.7 Å². The SMILES string of the molecule is CCC(C(=O)NC1CCCC1)N(Cc1c(Cl)cccc1Cl)C(=O)CN(c1ccccc1)S(C)(=O)=O. The quantitative estimate of drug-likeness (QED) is 0.476. The lowest BCUT2D eigenvalue weighted by molar-refractivity contribution is -0.140. The molecular formula is C25H31Cl2N3O4S. The van der Waals surface area contributed by atoms with Crippen LogP contribution < -0.4 is 9.62 Å². The molecule has 2 aromatic carbocycles. The zero-order valence-corrected chi connectivity index (χ0v) is 22.2. The topological polar surface area (TPSA) is 86.8 Å². The van der Waals surface area contributed by atoms with Crippen LogP contribution in [0.1, 0.15) is 44.6 Å². The Morgan fingerprint density at radius 3 is 2.17 bits per heavy atom. The Hall–Kier alpha value is -2.29. The van der Waals surface area contributed by atoms with Crippen molar-refractivity contribution in [1.29, 1.82) is 0 Å². The van der Waals surface area contributed by atoms with Crippen LogP contribution in [0.4, 0.5) is 5.69 Å². The number of amides is 2. The predicted molar refractivity (Wildman–Crippen MR) is 140 cm³/mol. The Kier molecular flexibility index (Phi) is 9.44. The van der Waals surface area contributed by atoms with Crippen molar-refractivity contribution in [3.8, 4) is 0 Å². The van der Waals surface area contributed by atoms with Crippen LogP contribution in [0.15, 0.2) is 48.5 Å². The number of carbonyl (C=O) groups excluding carboxylic acids is 2. The van der Waals surface area contributed by atoms with Gasteiger partial charge in [0.2, 0.25) is 21.8 Å². The van der Waals surface area contributed by atoms with Gasteiger partial charge >= 0.3 is 0 Å². The van der Waals surface area contributed by atoms with Gasteiger partial charge in [-0.2, -0.15) is 0 Å². The molecule has 1 aliphatic rings. The van der Waals surface area contributed by atoms with Gasteiger partial charge in [-0.3, -0.25) is 13.9 Å². The number of anilines is 1.